The molecule has 0 aromatic carbocycles. The number of carbonyl (C=O) groups excluding carboxylic acids is 1. The lowest BCUT2D eigenvalue weighted by Crippen LogP contribution is -2.45. The highest BCUT2D eigenvalue weighted by Crippen LogP contribution is 2.23. The molecule has 0 aromatic rings. The maximum atomic E-state index is 12.3. The Morgan fingerprint density at radius 3 is 2.76 bits per heavy atom. The van der Waals surface area contributed by atoms with E-state index in [1.54, 1.807) is 0 Å². The van der Waals surface area contributed by atoms with Crippen molar-refractivity contribution in [1.82, 2.24) is 10.2 Å². The second kappa shape index (κ2) is 6.36. The molecule has 2 aliphatic heterocycles. The molecule has 4 nitrogen and oxygen atoms in total. The van der Waals surface area contributed by atoms with Crippen molar-refractivity contribution in [2.45, 2.75) is 32.1 Å². The van der Waals surface area contributed by atoms with Crippen molar-refractivity contribution in [3.8, 4) is 0 Å². The number of nitrogens with one attached hydrogen (secondary N) is 1. The molecule has 0 saturated carbocycles. The van der Waals surface area contributed by atoms with Crippen molar-refractivity contribution in [2.24, 2.45) is 11.8 Å². The molecule has 4 heteroatoms. The number of rotatable bonds is 3. The number of nitrogens with zero attached hydrogens (tertiary/aromatic N) is 1. The number of aliphatic hydroxyl groups is 1. The van der Waals surface area contributed by atoms with E-state index in [-0.39, 0.29) is 12.5 Å². The summed E-state index contributed by atoms with van der Waals surface area (Å²) in [5.41, 5.74) is 0. The second-order valence-corrected chi connectivity index (χ2v) is 5.33. The van der Waals surface area contributed by atoms with E-state index in [1.807, 2.05) is 4.90 Å². The average molecular weight is 240 g/mol. The maximum Gasteiger partial charge on any atom is 0.225 e. The number of carbonyl (C=O) groups is 1. The third-order valence-corrected chi connectivity index (χ3v) is 4.06. The van der Waals surface area contributed by atoms with Gasteiger partial charge in [-0.1, -0.05) is 0 Å². The quantitative estimate of drug-likeness (QED) is 0.760. The SMILES string of the molecule is O=C(C1CCNCC1)N1CCCC(CCO)C1. The monoisotopic (exact) mass is 240 g/mol. The third-order valence-electron chi connectivity index (χ3n) is 4.06. The van der Waals surface area contributed by atoms with Gasteiger partial charge in [0.1, 0.15) is 0 Å². The second-order valence-electron chi connectivity index (χ2n) is 5.33. The Morgan fingerprint density at radius 2 is 2.06 bits per heavy atom. The fourth-order valence-electron chi connectivity index (χ4n) is 3.01. The Morgan fingerprint density at radius 1 is 1.29 bits per heavy atom. The van der Waals surface area contributed by atoms with Gasteiger partial charge in [-0.05, 0) is 51.1 Å². The van der Waals surface area contributed by atoms with E-state index in [1.165, 1.54) is 0 Å². The Balaban J connectivity index is 1.85. The first-order valence-electron chi connectivity index (χ1n) is 6.91. The van der Waals surface area contributed by atoms with Crippen molar-refractivity contribution >= 4 is 5.91 Å². The minimum atomic E-state index is 0.240. The lowest BCUT2D eigenvalue weighted by molar-refractivity contribution is -0.138. The molecule has 17 heavy (non-hydrogen) atoms. The summed E-state index contributed by atoms with van der Waals surface area (Å²) in [5.74, 6) is 1.11. The predicted molar refractivity (Wildman–Crippen MR) is 66.6 cm³/mol. The molecule has 2 saturated heterocycles. The van der Waals surface area contributed by atoms with E-state index in [4.69, 9.17) is 5.11 Å². The fraction of sp³-hybridized carbons (Fsp3) is 0.923. The number of hydrogen-bond acceptors (Lipinski definition) is 3. The Labute approximate surface area is 103 Å². The molecule has 0 radical (unpaired) electrons. The standard InChI is InChI=1S/C13H24N2O2/c16-9-5-11-2-1-8-15(10-11)13(17)12-3-6-14-7-4-12/h11-12,14,16H,1-10H2. The molecular formula is C13H24N2O2. The smallest absolute Gasteiger partial charge is 0.225 e. The molecule has 1 unspecified atom stereocenters. The van der Waals surface area contributed by atoms with Crippen LogP contribution in [0.15, 0.2) is 0 Å². The minimum absolute atomic E-state index is 0.240. The summed E-state index contributed by atoms with van der Waals surface area (Å²) in [6.45, 7) is 3.99. The van der Waals surface area contributed by atoms with Crippen LogP contribution in [0.4, 0.5) is 0 Å². The molecule has 1 atom stereocenters. The molecule has 98 valence electrons. The average Bonchev–Trinajstić information content (AvgIpc) is 2.40. The van der Waals surface area contributed by atoms with Gasteiger partial charge in [0.15, 0.2) is 0 Å². The first-order valence-corrected chi connectivity index (χ1v) is 6.91. The van der Waals surface area contributed by atoms with E-state index in [9.17, 15) is 4.79 Å². The molecule has 2 rings (SSSR count). The van der Waals surface area contributed by atoms with Gasteiger partial charge in [-0.3, -0.25) is 4.79 Å². The Hall–Kier alpha value is -0.610. The van der Waals surface area contributed by atoms with Crippen molar-refractivity contribution in [1.29, 1.82) is 0 Å². The summed E-state index contributed by atoms with van der Waals surface area (Å²) in [6, 6.07) is 0. The van der Waals surface area contributed by atoms with E-state index in [0.29, 0.717) is 11.8 Å². The van der Waals surface area contributed by atoms with Gasteiger partial charge in [-0.25, -0.2) is 0 Å². The highest BCUT2D eigenvalue weighted by Gasteiger charge is 2.29. The maximum absolute atomic E-state index is 12.3. The molecule has 2 N–H and O–H groups in total. The third kappa shape index (κ3) is 3.42. The number of hydrogen-bond donors (Lipinski definition) is 2. The number of likely N-dealkylation sites (tertiary alicyclic amines) is 1. The van der Waals surface area contributed by atoms with Crippen LogP contribution in [0.1, 0.15) is 32.1 Å². The van der Waals surface area contributed by atoms with Gasteiger partial charge in [-0.15, -0.1) is 0 Å². The molecule has 0 aliphatic carbocycles. The Kier molecular flexibility index (Phi) is 4.80. The lowest BCUT2D eigenvalue weighted by Gasteiger charge is -2.35. The molecular weight excluding hydrogens is 216 g/mol. The van der Waals surface area contributed by atoms with Crippen LogP contribution in [0.3, 0.4) is 0 Å². The summed E-state index contributed by atoms with van der Waals surface area (Å²) in [5, 5.41) is 12.3. The molecule has 1 amide bonds. The van der Waals surface area contributed by atoms with E-state index in [2.05, 4.69) is 5.32 Å². The zero-order chi connectivity index (χ0) is 12.1. The van der Waals surface area contributed by atoms with Gasteiger partial charge in [0.25, 0.3) is 0 Å². The predicted octanol–water partition coefficient (Wildman–Crippen LogP) is 0.607. The van der Waals surface area contributed by atoms with Crippen LogP contribution >= 0.6 is 0 Å². The summed E-state index contributed by atoms with van der Waals surface area (Å²) in [7, 11) is 0. The van der Waals surface area contributed by atoms with Crippen LogP contribution in [0.25, 0.3) is 0 Å². The van der Waals surface area contributed by atoms with E-state index >= 15 is 0 Å². The van der Waals surface area contributed by atoms with Gasteiger partial charge in [0.2, 0.25) is 5.91 Å². The normalized spacial score (nSPS) is 27.1. The van der Waals surface area contributed by atoms with Crippen LogP contribution in [0.5, 0.6) is 0 Å². The molecule has 2 heterocycles. The van der Waals surface area contributed by atoms with Gasteiger partial charge in [0, 0.05) is 25.6 Å². The topological polar surface area (TPSA) is 52.6 Å². The Bertz CT molecular complexity index is 250. The lowest BCUT2D eigenvalue weighted by atomic mass is 9.91. The molecule has 2 aliphatic rings. The first-order chi connectivity index (χ1) is 8.31. The molecule has 0 spiro atoms. The molecule has 0 bridgehead atoms. The summed E-state index contributed by atoms with van der Waals surface area (Å²) in [4.78, 5) is 14.4. The van der Waals surface area contributed by atoms with Crippen molar-refractivity contribution in [3.63, 3.8) is 0 Å². The van der Waals surface area contributed by atoms with Gasteiger partial charge < -0.3 is 15.3 Å². The van der Waals surface area contributed by atoms with E-state index in [0.717, 1.165) is 58.3 Å². The number of piperidine rings is 2. The highest BCUT2D eigenvalue weighted by molar-refractivity contribution is 5.79. The van der Waals surface area contributed by atoms with Gasteiger partial charge in [-0.2, -0.15) is 0 Å². The van der Waals surface area contributed by atoms with Crippen molar-refractivity contribution < 1.29 is 9.90 Å². The zero-order valence-corrected chi connectivity index (χ0v) is 10.5. The highest BCUT2D eigenvalue weighted by atomic mass is 16.3. The zero-order valence-electron chi connectivity index (χ0n) is 10.5. The molecule has 0 aromatic heterocycles. The summed E-state index contributed by atoms with van der Waals surface area (Å²) < 4.78 is 0. The number of amides is 1. The van der Waals surface area contributed by atoms with Crippen molar-refractivity contribution in [3.05, 3.63) is 0 Å². The number of aliphatic hydroxyl groups excluding tert-OH is 1. The van der Waals surface area contributed by atoms with Crippen LogP contribution in [0, 0.1) is 11.8 Å². The first kappa shape index (κ1) is 12.8. The van der Waals surface area contributed by atoms with Crippen molar-refractivity contribution in [2.75, 3.05) is 32.8 Å². The van der Waals surface area contributed by atoms with Crippen LogP contribution in [0.2, 0.25) is 0 Å². The minimum Gasteiger partial charge on any atom is -0.396 e. The molecule has 2 fully saturated rings. The van der Waals surface area contributed by atoms with E-state index < -0.39 is 0 Å². The van der Waals surface area contributed by atoms with Gasteiger partial charge >= 0.3 is 0 Å². The summed E-state index contributed by atoms with van der Waals surface area (Å²) >= 11 is 0. The fourth-order valence-corrected chi connectivity index (χ4v) is 3.01. The van der Waals surface area contributed by atoms with Crippen LogP contribution in [-0.2, 0) is 4.79 Å². The summed E-state index contributed by atoms with van der Waals surface area (Å²) in [6.07, 6.45) is 5.08. The van der Waals surface area contributed by atoms with Crippen LogP contribution in [-0.4, -0.2) is 48.7 Å². The van der Waals surface area contributed by atoms with Gasteiger partial charge in [0.05, 0.1) is 0 Å². The van der Waals surface area contributed by atoms with Crippen LogP contribution < -0.4 is 5.32 Å². The largest absolute Gasteiger partial charge is 0.396 e.